The SMILES string of the molecule is CC(OC(=O)c1ccc(N2NC(=O)CCC2=O)cc1)C(=O)Nc1ccccc1-c1ccccc1. The molecule has 2 N–H and O–H groups in total. The molecule has 1 saturated heterocycles. The molecule has 3 aromatic carbocycles. The van der Waals surface area contributed by atoms with E-state index in [4.69, 9.17) is 4.74 Å². The zero-order valence-electron chi connectivity index (χ0n) is 18.5. The number of carbonyl (C=O) groups excluding carboxylic acids is 4. The van der Waals surface area contributed by atoms with Crippen molar-refractivity contribution >= 4 is 35.1 Å². The number of carbonyl (C=O) groups is 4. The van der Waals surface area contributed by atoms with Gasteiger partial charge in [-0.1, -0.05) is 48.5 Å². The second-order valence-corrected chi connectivity index (χ2v) is 7.76. The summed E-state index contributed by atoms with van der Waals surface area (Å²) in [5.41, 5.74) is 5.55. The van der Waals surface area contributed by atoms with Gasteiger partial charge >= 0.3 is 5.97 Å². The van der Waals surface area contributed by atoms with Crippen LogP contribution in [-0.2, 0) is 19.1 Å². The molecule has 0 aromatic heterocycles. The number of hydrogen-bond donors (Lipinski definition) is 2. The van der Waals surface area contributed by atoms with Gasteiger partial charge in [0.1, 0.15) is 0 Å². The van der Waals surface area contributed by atoms with Crippen molar-refractivity contribution in [2.75, 3.05) is 10.3 Å². The fourth-order valence-corrected chi connectivity index (χ4v) is 3.51. The van der Waals surface area contributed by atoms with E-state index in [1.54, 1.807) is 6.07 Å². The van der Waals surface area contributed by atoms with E-state index >= 15 is 0 Å². The second kappa shape index (κ2) is 9.99. The predicted octanol–water partition coefficient (Wildman–Crippen LogP) is 3.70. The highest BCUT2D eigenvalue weighted by Gasteiger charge is 2.25. The summed E-state index contributed by atoms with van der Waals surface area (Å²) in [6.45, 7) is 1.49. The minimum Gasteiger partial charge on any atom is -0.449 e. The van der Waals surface area contributed by atoms with Crippen LogP contribution in [0.15, 0.2) is 78.9 Å². The topological polar surface area (TPSA) is 105 Å². The first-order valence-corrected chi connectivity index (χ1v) is 10.8. The first-order chi connectivity index (χ1) is 16.4. The van der Waals surface area contributed by atoms with E-state index in [0.29, 0.717) is 11.4 Å². The number of ether oxygens (including phenoxy) is 1. The smallest absolute Gasteiger partial charge is 0.338 e. The van der Waals surface area contributed by atoms with Gasteiger partial charge in [0.25, 0.3) is 5.91 Å². The Kier molecular flexibility index (Phi) is 6.68. The molecule has 0 spiro atoms. The van der Waals surface area contributed by atoms with E-state index in [1.807, 2.05) is 48.5 Å². The highest BCUT2D eigenvalue weighted by Crippen LogP contribution is 2.27. The lowest BCUT2D eigenvalue weighted by atomic mass is 10.0. The number of hydrazine groups is 1. The van der Waals surface area contributed by atoms with Crippen molar-refractivity contribution in [1.29, 1.82) is 0 Å². The summed E-state index contributed by atoms with van der Waals surface area (Å²) in [5, 5.41) is 3.98. The number of para-hydroxylation sites is 1. The van der Waals surface area contributed by atoms with E-state index in [0.717, 1.165) is 16.1 Å². The van der Waals surface area contributed by atoms with E-state index in [1.165, 1.54) is 31.2 Å². The van der Waals surface area contributed by atoms with Crippen LogP contribution in [0.25, 0.3) is 11.1 Å². The molecule has 3 aromatic rings. The third-order valence-electron chi connectivity index (χ3n) is 5.34. The molecule has 0 radical (unpaired) electrons. The lowest BCUT2D eigenvalue weighted by Gasteiger charge is -2.27. The third kappa shape index (κ3) is 5.12. The number of anilines is 2. The summed E-state index contributed by atoms with van der Waals surface area (Å²) in [7, 11) is 0. The minimum atomic E-state index is -1.04. The molecule has 0 saturated carbocycles. The molecule has 0 aliphatic carbocycles. The third-order valence-corrected chi connectivity index (χ3v) is 5.34. The van der Waals surface area contributed by atoms with Gasteiger partial charge in [-0.15, -0.1) is 0 Å². The Bertz CT molecular complexity index is 1220. The highest BCUT2D eigenvalue weighted by atomic mass is 16.5. The Morgan fingerprint density at radius 2 is 1.59 bits per heavy atom. The molecule has 8 heteroatoms. The van der Waals surface area contributed by atoms with Gasteiger partial charge in [-0.2, -0.15) is 0 Å². The van der Waals surface area contributed by atoms with Crippen LogP contribution in [0, 0.1) is 0 Å². The van der Waals surface area contributed by atoms with Crippen molar-refractivity contribution in [3.63, 3.8) is 0 Å². The molecular formula is C26H23N3O5. The monoisotopic (exact) mass is 457 g/mol. The van der Waals surface area contributed by atoms with Crippen LogP contribution in [0.1, 0.15) is 30.1 Å². The first kappa shape index (κ1) is 22.7. The Hall–Kier alpha value is -4.46. The summed E-state index contributed by atoms with van der Waals surface area (Å²) in [6, 6.07) is 23.0. The number of rotatable bonds is 6. The summed E-state index contributed by atoms with van der Waals surface area (Å²) >= 11 is 0. The van der Waals surface area contributed by atoms with E-state index in [-0.39, 0.29) is 30.2 Å². The maximum Gasteiger partial charge on any atom is 0.338 e. The fourth-order valence-electron chi connectivity index (χ4n) is 3.51. The molecule has 1 unspecified atom stereocenters. The number of hydrogen-bond acceptors (Lipinski definition) is 5. The van der Waals surface area contributed by atoms with Crippen LogP contribution in [0.4, 0.5) is 11.4 Å². The Balaban J connectivity index is 1.40. The highest BCUT2D eigenvalue weighted by molar-refractivity contribution is 6.02. The van der Waals surface area contributed by atoms with Crippen molar-refractivity contribution in [3.05, 3.63) is 84.4 Å². The van der Waals surface area contributed by atoms with Crippen molar-refractivity contribution in [3.8, 4) is 11.1 Å². The molecule has 34 heavy (non-hydrogen) atoms. The Morgan fingerprint density at radius 3 is 2.32 bits per heavy atom. The molecule has 1 atom stereocenters. The molecule has 8 nitrogen and oxygen atoms in total. The molecule has 3 amide bonds. The van der Waals surface area contributed by atoms with Crippen LogP contribution in [-0.4, -0.2) is 29.8 Å². The summed E-state index contributed by atoms with van der Waals surface area (Å²) in [5.74, 6) is -1.64. The number of nitrogens with zero attached hydrogens (tertiary/aromatic N) is 1. The molecule has 0 bridgehead atoms. The molecule has 1 fully saturated rings. The summed E-state index contributed by atoms with van der Waals surface area (Å²) in [4.78, 5) is 48.9. The zero-order chi connectivity index (χ0) is 24.1. The van der Waals surface area contributed by atoms with Gasteiger partial charge in [0.15, 0.2) is 6.10 Å². The van der Waals surface area contributed by atoms with Crippen LogP contribution in [0.5, 0.6) is 0 Å². The van der Waals surface area contributed by atoms with E-state index < -0.39 is 18.0 Å². The van der Waals surface area contributed by atoms with Crippen LogP contribution >= 0.6 is 0 Å². The first-order valence-electron chi connectivity index (χ1n) is 10.8. The van der Waals surface area contributed by atoms with Gasteiger partial charge in [-0.05, 0) is 42.8 Å². The van der Waals surface area contributed by atoms with Gasteiger partial charge in [0.05, 0.1) is 11.3 Å². The Morgan fingerprint density at radius 1 is 0.912 bits per heavy atom. The zero-order valence-corrected chi connectivity index (χ0v) is 18.5. The van der Waals surface area contributed by atoms with Gasteiger partial charge in [0.2, 0.25) is 11.8 Å². The summed E-state index contributed by atoms with van der Waals surface area (Å²) in [6.07, 6.45) is -0.774. The van der Waals surface area contributed by atoms with Gasteiger partial charge < -0.3 is 10.1 Å². The quantitative estimate of drug-likeness (QED) is 0.550. The fraction of sp³-hybridized carbons (Fsp3) is 0.154. The van der Waals surface area contributed by atoms with E-state index in [2.05, 4.69) is 10.7 Å². The van der Waals surface area contributed by atoms with E-state index in [9.17, 15) is 19.2 Å². The lowest BCUT2D eigenvalue weighted by Crippen LogP contribution is -2.50. The van der Waals surface area contributed by atoms with Crippen molar-refractivity contribution in [2.45, 2.75) is 25.9 Å². The molecule has 1 aliphatic heterocycles. The number of benzene rings is 3. The van der Waals surface area contributed by atoms with Gasteiger partial charge in [-0.3, -0.25) is 19.8 Å². The van der Waals surface area contributed by atoms with Crippen molar-refractivity contribution in [1.82, 2.24) is 5.43 Å². The molecule has 172 valence electrons. The molecular weight excluding hydrogens is 434 g/mol. The normalized spacial score (nSPS) is 14.2. The van der Waals surface area contributed by atoms with Crippen LogP contribution in [0.3, 0.4) is 0 Å². The molecule has 1 aliphatic rings. The average Bonchev–Trinajstić information content (AvgIpc) is 2.86. The number of nitrogens with one attached hydrogen (secondary N) is 2. The largest absolute Gasteiger partial charge is 0.449 e. The number of amides is 3. The maximum atomic E-state index is 12.7. The average molecular weight is 457 g/mol. The van der Waals surface area contributed by atoms with Crippen LogP contribution in [0.2, 0.25) is 0 Å². The molecule has 1 heterocycles. The second-order valence-electron chi connectivity index (χ2n) is 7.76. The standard InChI is InChI=1S/C26H23N3O5/c1-17(25(32)27-22-10-6-5-9-21(22)18-7-3-2-4-8-18)34-26(33)19-11-13-20(14-12-19)29-24(31)16-15-23(30)28-29/h2-14,17H,15-16H2,1H3,(H,27,32)(H,28,30). The lowest BCUT2D eigenvalue weighted by molar-refractivity contribution is -0.130. The van der Waals surface area contributed by atoms with Crippen molar-refractivity contribution in [2.24, 2.45) is 0 Å². The summed E-state index contributed by atoms with van der Waals surface area (Å²) < 4.78 is 5.34. The van der Waals surface area contributed by atoms with Gasteiger partial charge in [-0.25, -0.2) is 9.80 Å². The minimum absolute atomic E-state index is 0.121. The van der Waals surface area contributed by atoms with Crippen molar-refractivity contribution < 1.29 is 23.9 Å². The Labute approximate surface area is 196 Å². The number of esters is 1. The van der Waals surface area contributed by atoms with Crippen LogP contribution < -0.4 is 15.8 Å². The maximum absolute atomic E-state index is 12.7. The predicted molar refractivity (Wildman–Crippen MR) is 127 cm³/mol. The van der Waals surface area contributed by atoms with Gasteiger partial charge in [0, 0.05) is 24.1 Å². The molecule has 4 rings (SSSR count).